The Labute approximate surface area is 200 Å². The minimum atomic E-state index is -0.838. The Morgan fingerprint density at radius 1 is 0.971 bits per heavy atom. The van der Waals surface area contributed by atoms with Crippen molar-refractivity contribution < 1.29 is 24.2 Å². The number of carboxylic acid groups (broad SMARTS) is 1. The average molecular weight is 467 g/mol. The molecule has 0 radical (unpaired) electrons. The van der Waals surface area contributed by atoms with E-state index >= 15 is 0 Å². The smallest absolute Gasteiger partial charge is 0.407 e. The fraction of sp³-hybridized carbons (Fsp3) is 0.444. The van der Waals surface area contributed by atoms with Crippen molar-refractivity contribution in [1.29, 1.82) is 0 Å². The summed E-state index contributed by atoms with van der Waals surface area (Å²) in [6.45, 7) is 4.68. The largest absolute Gasteiger partial charge is 0.481 e. The van der Waals surface area contributed by atoms with Crippen molar-refractivity contribution in [2.45, 2.75) is 45.4 Å². The Balaban J connectivity index is 1.48. The first kappa shape index (κ1) is 25.3. The second-order valence-corrected chi connectivity index (χ2v) is 8.97. The van der Waals surface area contributed by atoms with Crippen LogP contribution in [-0.2, 0) is 14.3 Å². The highest BCUT2D eigenvalue weighted by Crippen LogP contribution is 2.44. The number of alkyl carbamates (subject to hydrolysis) is 1. The Morgan fingerprint density at radius 2 is 1.59 bits per heavy atom. The molecule has 1 aliphatic carbocycles. The van der Waals surface area contributed by atoms with Gasteiger partial charge in [-0.2, -0.15) is 0 Å². The van der Waals surface area contributed by atoms with E-state index in [9.17, 15) is 14.4 Å². The first-order valence-corrected chi connectivity index (χ1v) is 12.0. The van der Waals surface area contributed by atoms with Gasteiger partial charge in [0.25, 0.3) is 0 Å². The maximum atomic E-state index is 12.6. The van der Waals surface area contributed by atoms with Gasteiger partial charge in [-0.05, 0) is 41.0 Å². The third kappa shape index (κ3) is 6.59. The maximum Gasteiger partial charge on any atom is 0.407 e. The topological polar surface area (TPSA) is 105 Å². The number of benzene rings is 2. The molecule has 0 aliphatic heterocycles. The molecule has 7 heteroatoms. The number of ether oxygens (including phenoxy) is 1. The van der Waals surface area contributed by atoms with E-state index < -0.39 is 12.1 Å². The molecule has 2 aromatic rings. The fourth-order valence-corrected chi connectivity index (χ4v) is 4.52. The highest BCUT2D eigenvalue weighted by atomic mass is 16.5. The normalized spacial score (nSPS) is 13.9. The summed E-state index contributed by atoms with van der Waals surface area (Å²) in [5.74, 6) is -1.36. The lowest BCUT2D eigenvalue weighted by Crippen LogP contribution is -2.39. The lowest BCUT2D eigenvalue weighted by atomic mass is 9.98. The molecule has 2 unspecified atom stereocenters. The standard InChI is InChI=1S/C27H34N2O5/c1-3-8-19(26(32)28-14-13-18(2)15-25(30)31)16-29-27(33)34-17-24-22-11-6-4-9-20(22)21-10-5-7-12-23(21)24/h4-7,9-12,18-19,24H,3,8,13-17H2,1-2H3,(H,28,32)(H,29,33)(H,30,31). The van der Waals surface area contributed by atoms with Crippen LogP contribution >= 0.6 is 0 Å². The maximum absolute atomic E-state index is 12.6. The van der Waals surface area contributed by atoms with E-state index in [-0.39, 0.29) is 43.2 Å². The molecule has 0 spiro atoms. The molecule has 2 aromatic carbocycles. The minimum Gasteiger partial charge on any atom is -0.481 e. The van der Waals surface area contributed by atoms with E-state index in [1.807, 2.05) is 38.1 Å². The molecule has 0 saturated carbocycles. The highest BCUT2D eigenvalue weighted by Gasteiger charge is 2.29. The van der Waals surface area contributed by atoms with Gasteiger partial charge in [-0.25, -0.2) is 4.79 Å². The summed E-state index contributed by atoms with van der Waals surface area (Å²) in [6.07, 6.45) is 1.58. The van der Waals surface area contributed by atoms with Crippen molar-refractivity contribution in [2.75, 3.05) is 19.7 Å². The summed E-state index contributed by atoms with van der Waals surface area (Å²) < 4.78 is 5.56. The van der Waals surface area contributed by atoms with Crippen LogP contribution in [0, 0.1) is 11.8 Å². The first-order chi connectivity index (χ1) is 16.4. The van der Waals surface area contributed by atoms with Crippen LogP contribution < -0.4 is 10.6 Å². The molecule has 3 N–H and O–H groups in total. The predicted octanol–water partition coefficient (Wildman–Crippen LogP) is 4.56. The van der Waals surface area contributed by atoms with Crippen LogP contribution in [0.1, 0.15) is 56.6 Å². The zero-order valence-corrected chi connectivity index (χ0v) is 19.9. The average Bonchev–Trinajstić information content (AvgIpc) is 3.13. The number of carbonyl (C=O) groups excluding carboxylic acids is 2. The molecule has 7 nitrogen and oxygen atoms in total. The number of carboxylic acids is 1. The molecule has 0 fully saturated rings. The molecular weight excluding hydrogens is 432 g/mol. The van der Waals surface area contributed by atoms with Crippen molar-refractivity contribution in [1.82, 2.24) is 10.6 Å². The van der Waals surface area contributed by atoms with Gasteiger partial charge >= 0.3 is 12.1 Å². The number of nitrogens with one attached hydrogen (secondary N) is 2. The van der Waals surface area contributed by atoms with Crippen LogP contribution in [0.2, 0.25) is 0 Å². The molecule has 0 bridgehead atoms. The summed E-state index contributed by atoms with van der Waals surface area (Å²) in [7, 11) is 0. The fourth-order valence-electron chi connectivity index (χ4n) is 4.52. The number of hydrogen-bond donors (Lipinski definition) is 3. The summed E-state index contributed by atoms with van der Waals surface area (Å²) >= 11 is 0. The van der Waals surface area contributed by atoms with Crippen molar-refractivity contribution in [3.8, 4) is 11.1 Å². The third-order valence-corrected chi connectivity index (χ3v) is 6.30. The van der Waals surface area contributed by atoms with Crippen molar-refractivity contribution >= 4 is 18.0 Å². The van der Waals surface area contributed by atoms with E-state index in [2.05, 4.69) is 34.9 Å². The minimum absolute atomic E-state index is 0.0126. The molecule has 182 valence electrons. The van der Waals surface area contributed by atoms with Crippen LogP contribution in [0.25, 0.3) is 11.1 Å². The van der Waals surface area contributed by atoms with Crippen LogP contribution in [0.3, 0.4) is 0 Å². The molecule has 0 heterocycles. The van der Waals surface area contributed by atoms with E-state index in [1.165, 1.54) is 11.1 Å². The number of carbonyl (C=O) groups is 3. The van der Waals surface area contributed by atoms with Gasteiger partial charge in [-0.3, -0.25) is 9.59 Å². The molecule has 3 rings (SSSR count). The molecule has 0 aromatic heterocycles. The SMILES string of the molecule is CCCC(CNC(=O)OCC1c2ccccc2-c2ccccc21)C(=O)NCCC(C)CC(=O)O. The Kier molecular flexibility index (Phi) is 9.08. The molecule has 2 atom stereocenters. The third-order valence-electron chi connectivity index (χ3n) is 6.30. The Bertz CT molecular complexity index is 961. The predicted molar refractivity (Wildman–Crippen MR) is 131 cm³/mol. The zero-order chi connectivity index (χ0) is 24.5. The molecule has 2 amide bonds. The van der Waals surface area contributed by atoms with Gasteiger partial charge in [0.1, 0.15) is 6.61 Å². The van der Waals surface area contributed by atoms with E-state index in [0.717, 1.165) is 17.5 Å². The summed E-state index contributed by atoms with van der Waals surface area (Å²) in [6, 6.07) is 16.3. The number of rotatable bonds is 12. The van der Waals surface area contributed by atoms with E-state index in [0.29, 0.717) is 19.4 Å². The number of aliphatic carboxylic acids is 1. The summed E-state index contributed by atoms with van der Waals surface area (Å²) in [5, 5.41) is 14.5. The molecule has 1 aliphatic rings. The van der Waals surface area contributed by atoms with Crippen molar-refractivity contribution in [2.24, 2.45) is 11.8 Å². The van der Waals surface area contributed by atoms with Gasteiger partial charge in [0.15, 0.2) is 0 Å². The lowest BCUT2D eigenvalue weighted by molar-refractivity contribution is -0.138. The van der Waals surface area contributed by atoms with Gasteiger partial charge in [-0.15, -0.1) is 0 Å². The zero-order valence-electron chi connectivity index (χ0n) is 19.9. The molecular formula is C27H34N2O5. The Morgan fingerprint density at radius 3 is 2.18 bits per heavy atom. The molecule has 0 saturated heterocycles. The van der Waals surface area contributed by atoms with Crippen LogP contribution in [0.4, 0.5) is 4.79 Å². The first-order valence-electron chi connectivity index (χ1n) is 12.0. The summed E-state index contributed by atoms with van der Waals surface area (Å²) in [4.78, 5) is 35.8. The van der Waals surface area contributed by atoms with Gasteiger partial charge in [0.2, 0.25) is 5.91 Å². The van der Waals surface area contributed by atoms with Gasteiger partial charge < -0.3 is 20.5 Å². The van der Waals surface area contributed by atoms with Crippen LogP contribution in [-0.4, -0.2) is 42.8 Å². The second-order valence-electron chi connectivity index (χ2n) is 8.97. The van der Waals surface area contributed by atoms with E-state index in [1.54, 1.807) is 0 Å². The monoisotopic (exact) mass is 466 g/mol. The van der Waals surface area contributed by atoms with E-state index in [4.69, 9.17) is 9.84 Å². The van der Waals surface area contributed by atoms with Crippen molar-refractivity contribution in [3.05, 3.63) is 59.7 Å². The van der Waals surface area contributed by atoms with Gasteiger partial charge in [0.05, 0.1) is 5.92 Å². The highest BCUT2D eigenvalue weighted by molar-refractivity contribution is 5.80. The molecule has 34 heavy (non-hydrogen) atoms. The summed E-state index contributed by atoms with van der Waals surface area (Å²) in [5.41, 5.74) is 4.64. The Hall–Kier alpha value is -3.35. The van der Waals surface area contributed by atoms with Gasteiger partial charge in [0, 0.05) is 25.4 Å². The second kappa shape index (κ2) is 12.2. The number of fused-ring (bicyclic) bond motifs is 3. The van der Waals surface area contributed by atoms with Crippen LogP contribution in [0.15, 0.2) is 48.5 Å². The quantitative estimate of drug-likeness (QED) is 0.425. The van der Waals surface area contributed by atoms with Crippen LogP contribution in [0.5, 0.6) is 0 Å². The number of amides is 2. The lowest BCUT2D eigenvalue weighted by Gasteiger charge is -2.18. The van der Waals surface area contributed by atoms with Gasteiger partial charge in [-0.1, -0.05) is 68.8 Å². The number of hydrogen-bond acceptors (Lipinski definition) is 4. The van der Waals surface area contributed by atoms with Crippen molar-refractivity contribution in [3.63, 3.8) is 0 Å².